The van der Waals surface area contributed by atoms with E-state index in [4.69, 9.17) is 0 Å². The molecule has 1 aromatic rings. The van der Waals surface area contributed by atoms with E-state index in [0.29, 0.717) is 0 Å². The second kappa shape index (κ2) is 4.96. The molecule has 0 radical (unpaired) electrons. The lowest BCUT2D eigenvalue weighted by atomic mass is 10.1. The fourth-order valence-electron chi connectivity index (χ4n) is 1.43. The lowest BCUT2D eigenvalue weighted by Gasteiger charge is -2.19. The van der Waals surface area contributed by atoms with Crippen LogP contribution in [0, 0.1) is 6.92 Å². The molecule has 82 valence electrons. The van der Waals surface area contributed by atoms with Gasteiger partial charge in [0.25, 0.3) is 0 Å². The van der Waals surface area contributed by atoms with Gasteiger partial charge < -0.3 is 0 Å². The molecular weight excluding hydrogens is 208 g/mol. The molecule has 3 N–H and O–H groups in total. The van der Waals surface area contributed by atoms with Gasteiger partial charge in [0.15, 0.2) is 0 Å². The number of hydrogen-bond acceptors (Lipinski definition) is 5. The van der Waals surface area contributed by atoms with Crippen molar-refractivity contribution in [3.05, 3.63) is 35.4 Å². The number of hydrogen-bond donors (Lipinski definition) is 4. The van der Waals surface area contributed by atoms with Crippen LogP contribution in [-0.4, -0.2) is 17.2 Å². The summed E-state index contributed by atoms with van der Waals surface area (Å²) < 4.78 is 0. The third kappa shape index (κ3) is 2.93. The molecule has 5 heteroatoms. The zero-order chi connectivity index (χ0) is 10.7. The fraction of sp³-hybridized carbons (Fsp3) is 0.400. The first-order chi connectivity index (χ1) is 7.25. The summed E-state index contributed by atoms with van der Waals surface area (Å²) in [6, 6.07) is 8.50. The second-order valence-electron chi connectivity index (χ2n) is 3.64. The van der Waals surface area contributed by atoms with Crippen LogP contribution in [-0.2, 0) is 6.54 Å². The Balaban J connectivity index is 1.85. The SMILES string of the molecule is Cc1ccc(CNN2CNNC2S)cc1. The molecular formula is C10H16N4S. The summed E-state index contributed by atoms with van der Waals surface area (Å²) >= 11 is 4.34. The Labute approximate surface area is 95.4 Å². The van der Waals surface area contributed by atoms with Crippen LogP contribution in [0.15, 0.2) is 24.3 Å². The third-order valence-electron chi connectivity index (χ3n) is 2.38. The van der Waals surface area contributed by atoms with E-state index in [1.165, 1.54) is 11.1 Å². The average Bonchev–Trinajstić information content (AvgIpc) is 2.63. The summed E-state index contributed by atoms with van der Waals surface area (Å²) in [6.45, 7) is 3.66. The van der Waals surface area contributed by atoms with Crippen LogP contribution in [0.5, 0.6) is 0 Å². The Morgan fingerprint density at radius 2 is 2.20 bits per heavy atom. The average molecular weight is 224 g/mol. The van der Waals surface area contributed by atoms with Crippen LogP contribution in [0.2, 0.25) is 0 Å². The van der Waals surface area contributed by atoms with Crippen LogP contribution in [0.3, 0.4) is 0 Å². The lowest BCUT2D eigenvalue weighted by Crippen LogP contribution is -2.41. The van der Waals surface area contributed by atoms with Gasteiger partial charge in [-0.1, -0.05) is 29.8 Å². The van der Waals surface area contributed by atoms with Crippen molar-refractivity contribution in [2.24, 2.45) is 0 Å². The molecule has 0 aromatic heterocycles. The van der Waals surface area contributed by atoms with E-state index in [1.54, 1.807) is 0 Å². The van der Waals surface area contributed by atoms with E-state index < -0.39 is 0 Å². The lowest BCUT2D eigenvalue weighted by molar-refractivity contribution is 0.208. The number of aryl methyl sites for hydroxylation is 1. The number of rotatable bonds is 3. The van der Waals surface area contributed by atoms with E-state index in [9.17, 15) is 0 Å². The van der Waals surface area contributed by atoms with Gasteiger partial charge in [0.2, 0.25) is 0 Å². The Morgan fingerprint density at radius 1 is 1.47 bits per heavy atom. The summed E-state index contributed by atoms with van der Waals surface area (Å²) in [5.41, 5.74) is 11.9. The van der Waals surface area contributed by atoms with Crippen molar-refractivity contribution in [2.75, 3.05) is 6.67 Å². The summed E-state index contributed by atoms with van der Waals surface area (Å²) in [5.74, 6) is 0. The highest BCUT2D eigenvalue weighted by atomic mass is 32.1. The molecule has 1 aliphatic heterocycles. The molecule has 0 spiro atoms. The standard InChI is InChI=1S/C10H16N4S/c1-8-2-4-9(5-3-8)6-12-14-7-11-13-10(14)15/h2-5,10-13,15H,6-7H2,1H3. The zero-order valence-corrected chi connectivity index (χ0v) is 9.59. The largest absolute Gasteiger partial charge is 0.247 e. The monoisotopic (exact) mass is 224 g/mol. The molecule has 1 unspecified atom stereocenters. The van der Waals surface area contributed by atoms with Crippen molar-refractivity contribution in [1.82, 2.24) is 21.3 Å². The minimum atomic E-state index is 0.0236. The predicted octanol–water partition coefficient (Wildman–Crippen LogP) is 0.580. The molecule has 0 bridgehead atoms. The Hall–Kier alpha value is -0.590. The van der Waals surface area contributed by atoms with Crippen LogP contribution in [0.1, 0.15) is 11.1 Å². The van der Waals surface area contributed by atoms with Gasteiger partial charge in [-0.15, -0.1) is 12.6 Å². The normalized spacial score (nSPS) is 22.1. The van der Waals surface area contributed by atoms with E-state index in [1.807, 2.05) is 5.01 Å². The maximum absolute atomic E-state index is 4.34. The van der Waals surface area contributed by atoms with Crippen LogP contribution < -0.4 is 16.3 Å². The number of hydrazine groups is 2. The van der Waals surface area contributed by atoms with Crippen LogP contribution >= 0.6 is 12.6 Å². The van der Waals surface area contributed by atoms with Gasteiger partial charge in [0.05, 0.1) is 6.67 Å². The number of nitrogens with zero attached hydrogens (tertiary/aromatic N) is 1. The van der Waals surface area contributed by atoms with Crippen molar-refractivity contribution in [3.8, 4) is 0 Å². The number of nitrogens with one attached hydrogen (secondary N) is 3. The van der Waals surface area contributed by atoms with Gasteiger partial charge in [-0.2, -0.15) is 0 Å². The topological polar surface area (TPSA) is 39.3 Å². The minimum Gasteiger partial charge on any atom is -0.247 e. The molecule has 0 aliphatic carbocycles. The predicted molar refractivity (Wildman–Crippen MR) is 63.8 cm³/mol. The Kier molecular flexibility index (Phi) is 3.61. The molecule has 4 nitrogen and oxygen atoms in total. The first kappa shape index (κ1) is 10.9. The molecule has 1 fully saturated rings. The van der Waals surface area contributed by atoms with Gasteiger partial charge in [-0.25, -0.2) is 21.3 Å². The van der Waals surface area contributed by atoms with Crippen molar-refractivity contribution < 1.29 is 0 Å². The highest BCUT2D eigenvalue weighted by Crippen LogP contribution is 2.05. The summed E-state index contributed by atoms with van der Waals surface area (Å²) in [5, 5.41) is 2.00. The molecule has 1 aromatic carbocycles. The van der Waals surface area contributed by atoms with E-state index in [0.717, 1.165) is 13.2 Å². The molecule has 0 saturated carbocycles. The molecule has 2 rings (SSSR count). The van der Waals surface area contributed by atoms with Gasteiger partial charge in [-0.3, -0.25) is 0 Å². The minimum absolute atomic E-state index is 0.0236. The molecule has 1 aliphatic rings. The molecule has 1 atom stereocenters. The highest BCUT2D eigenvalue weighted by molar-refractivity contribution is 7.80. The number of benzene rings is 1. The first-order valence-corrected chi connectivity index (χ1v) is 5.49. The molecule has 15 heavy (non-hydrogen) atoms. The fourth-order valence-corrected chi connectivity index (χ4v) is 1.68. The quantitative estimate of drug-likeness (QED) is 0.567. The number of thiol groups is 1. The molecule has 0 amide bonds. The van der Waals surface area contributed by atoms with Crippen LogP contribution in [0.25, 0.3) is 0 Å². The smallest absolute Gasteiger partial charge is 0.132 e. The maximum atomic E-state index is 4.34. The van der Waals surface area contributed by atoms with E-state index in [2.05, 4.69) is 60.1 Å². The third-order valence-corrected chi connectivity index (χ3v) is 2.79. The van der Waals surface area contributed by atoms with Gasteiger partial charge >= 0.3 is 0 Å². The zero-order valence-electron chi connectivity index (χ0n) is 8.70. The van der Waals surface area contributed by atoms with Crippen molar-refractivity contribution >= 4 is 12.6 Å². The highest BCUT2D eigenvalue weighted by Gasteiger charge is 2.18. The van der Waals surface area contributed by atoms with Crippen LogP contribution in [0.4, 0.5) is 0 Å². The van der Waals surface area contributed by atoms with Crippen molar-refractivity contribution in [2.45, 2.75) is 19.0 Å². The van der Waals surface area contributed by atoms with Gasteiger partial charge in [0, 0.05) is 6.54 Å². The maximum Gasteiger partial charge on any atom is 0.132 e. The van der Waals surface area contributed by atoms with Crippen molar-refractivity contribution in [3.63, 3.8) is 0 Å². The van der Waals surface area contributed by atoms with E-state index in [-0.39, 0.29) is 5.50 Å². The van der Waals surface area contributed by atoms with Gasteiger partial charge in [-0.05, 0) is 12.5 Å². The summed E-state index contributed by atoms with van der Waals surface area (Å²) in [6.07, 6.45) is 0. The second-order valence-corrected chi connectivity index (χ2v) is 4.13. The molecule has 1 saturated heterocycles. The van der Waals surface area contributed by atoms with E-state index >= 15 is 0 Å². The summed E-state index contributed by atoms with van der Waals surface area (Å²) in [4.78, 5) is 0. The molecule has 1 heterocycles. The Bertz CT molecular complexity index is 314. The van der Waals surface area contributed by atoms with Gasteiger partial charge in [0.1, 0.15) is 5.50 Å². The van der Waals surface area contributed by atoms with Crippen molar-refractivity contribution in [1.29, 1.82) is 0 Å². The summed E-state index contributed by atoms with van der Waals surface area (Å²) in [7, 11) is 0. The Morgan fingerprint density at radius 3 is 2.80 bits per heavy atom. The first-order valence-electron chi connectivity index (χ1n) is 4.98.